The molecule has 0 radical (unpaired) electrons. The highest BCUT2D eigenvalue weighted by Crippen LogP contribution is 2.18. The molecule has 1 N–H and O–H groups in total. The van der Waals surface area contributed by atoms with E-state index in [-0.39, 0.29) is 12.1 Å². The minimum Gasteiger partial charge on any atom is -0.330 e. The fourth-order valence-electron chi connectivity index (χ4n) is 3.15. The van der Waals surface area contributed by atoms with Crippen LogP contribution in [0.2, 0.25) is 0 Å². The number of nitrogens with one attached hydrogen (secondary N) is 1. The summed E-state index contributed by atoms with van der Waals surface area (Å²) >= 11 is 1.93. The molecule has 4 nitrogen and oxygen atoms in total. The molecule has 120 valence electrons. The average molecular weight is 319 g/mol. The van der Waals surface area contributed by atoms with E-state index in [0.717, 1.165) is 44.2 Å². The molecule has 0 spiro atoms. The van der Waals surface area contributed by atoms with E-state index in [1.165, 1.54) is 18.4 Å². The maximum Gasteiger partial charge on any atom is 0.317 e. The van der Waals surface area contributed by atoms with Gasteiger partial charge in [0, 0.05) is 31.1 Å². The molecular formula is C17H25N3OS. The molecule has 0 aliphatic carbocycles. The molecule has 0 bridgehead atoms. The normalized spacial score (nSPS) is 20.8. The molecule has 2 saturated heterocycles. The Morgan fingerprint density at radius 2 is 1.77 bits per heavy atom. The van der Waals surface area contributed by atoms with E-state index in [1.807, 2.05) is 22.7 Å². The van der Waals surface area contributed by atoms with Crippen molar-refractivity contribution in [1.82, 2.24) is 15.1 Å². The number of carbonyl (C=O) groups is 1. The summed E-state index contributed by atoms with van der Waals surface area (Å²) in [6, 6.07) is 10.5. The van der Waals surface area contributed by atoms with E-state index >= 15 is 0 Å². The summed E-state index contributed by atoms with van der Waals surface area (Å²) in [5.74, 6) is 2.10. The number of nitrogens with zero attached hydrogens (tertiary/aromatic N) is 2. The zero-order chi connectivity index (χ0) is 15.2. The fraction of sp³-hybridized carbons (Fsp3) is 0.588. The van der Waals surface area contributed by atoms with Crippen LogP contribution in [0, 0.1) is 0 Å². The van der Waals surface area contributed by atoms with Crippen LogP contribution in [0.4, 0.5) is 4.79 Å². The quantitative estimate of drug-likeness (QED) is 0.926. The van der Waals surface area contributed by atoms with Crippen molar-refractivity contribution >= 4 is 17.8 Å². The van der Waals surface area contributed by atoms with Gasteiger partial charge in [0.25, 0.3) is 0 Å². The summed E-state index contributed by atoms with van der Waals surface area (Å²) in [4.78, 5) is 17.0. The Bertz CT molecular complexity index is 470. The molecule has 1 unspecified atom stereocenters. The number of carbonyl (C=O) groups excluding carboxylic acids is 1. The summed E-state index contributed by atoms with van der Waals surface area (Å²) in [6.07, 6.45) is 2.55. The Morgan fingerprint density at radius 3 is 2.45 bits per heavy atom. The first-order chi connectivity index (χ1) is 10.8. The topological polar surface area (TPSA) is 35.6 Å². The Morgan fingerprint density at radius 1 is 1.09 bits per heavy atom. The van der Waals surface area contributed by atoms with Crippen LogP contribution >= 0.6 is 11.8 Å². The SMILES string of the molecule is O=C(NC(CN1CCCC1)c1ccccc1)N1CCSCC1. The van der Waals surface area contributed by atoms with Crippen molar-refractivity contribution in [2.24, 2.45) is 0 Å². The molecule has 22 heavy (non-hydrogen) atoms. The van der Waals surface area contributed by atoms with Crippen molar-refractivity contribution in [3.63, 3.8) is 0 Å². The van der Waals surface area contributed by atoms with Crippen molar-refractivity contribution in [2.75, 3.05) is 44.2 Å². The zero-order valence-electron chi connectivity index (χ0n) is 13.0. The first-order valence-electron chi connectivity index (χ1n) is 8.23. The second kappa shape index (κ2) is 7.88. The Balaban J connectivity index is 1.65. The minimum atomic E-state index is 0.0846. The first kappa shape index (κ1) is 15.7. The summed E-state index contributed by atoms with van der Waals surface area (Å²) in [6.45, 7) is 4.95. The van der Waals surface area contributed by atoms with Crippen molar-refractivity contribution in [3.8, 4) is 0 Å². The van der Waals surface area contributed by atoms with Gasteiger partial charge in [-0.25, -0.2) is 4.79 Å². The number of thioether (sulfide) groups is 1. The molecule has 2 heterocycles. The summed E-state index contributed by atoms with van der Waals surface area (Å²) < 4.78 is 0. The van der Waals surface area contributed by atoms with Crippen LogP contribution in [-0.4, -0.2) is 60.1 Å². The zero-order valence-corrected chi connectivity index (χ0v) is 13.9. The van der Waals surface area contributed by atoms with Crippen LogP contribution in [0.3, 0.4) is 0 Å². The number of rotatable bonds is 4. The lowest BCUT2D eigenvalue weighted by molar-refractivity contribution is 0.193. The molecule has 1 aromatic rings. The fourth-order valence-corrected chi connectivity index (χ4v) is 4.05. The van der Waals surface area contributed by atoms with E-state index in [1.54, 1.807) is 0 Å². The molecule has 3 rings (SSSR count). The summed E-state index contributed by atoms with van der Waals surface area (Å²) in [5, 5.41) is 3.27. The van der Waals surface area contributed by atoms with Crippen molar-refractivity contribution in [2.45, 2.75) is 18.9 Å². The lowest BCUT2D eigenvalue weighted by atomic mass is 10.1. The van der Waals surface area contributed by atoms with Gasteiger partial charge in [0.2, 0.25) is 0 Å². The van der Waals surface area contributed by atoms with E-state index in [0.29, 0.717) is 0 Å². The van der Waals surface area contributed by atoms with Crippen LogP contribution in [-0.2, 0) is 0 Å². The van der Waals surface area contributed by atoms with E-state index in [2.05, 4.69) is 34.5 Å². The third-order valence-electron chi connectivity index (χ3n) is 4.44. The molecule has 2 fully saturated rings. The van der Waals surface area contributed by atoms with Crippen LogP contribution in [0.15, 0.2) is 30.3 Å². The van der Waals surface area contributed by atoms with Crippen LogP contribution in [0.5, 0.6) is 0 Å². The smallest absolute Gasteiger partial charge is 0.317 e. The lowest BCUT2D eigenvalue weighted by Crippen LogP contribution is -2.47. The van der Waals surface area contributed by atoms with Gasteiger partial charge in [-0.2, -0.15) is 11.8 Å². The van der Waals surface area contributed by atoms with Crippen molar-refractivity contribution in [3.05, 3.63) is 35.9 Å². The number of urea groups is 1. The van der Waals surface area contributed by atoms with Crippen molar-refractivity contribution < 1.29 is 4.79 Å². The highest BCUT2D eigenvalue weighted by atomic mass is 32.2. The van der Waals surface area contributed by atoms with Gasteiger partial charge in [-0.15, -0.1) is 0 Å². The monoisotopic (exact) mass is 319 g/mol. The summed E-state index contributed by atoms with van der Waals surface area (Å²) in [7, 11) is 0. The van der Waals surface area contributed by atoms with Gasteiger partial charge in [0.15, 0.2) is 0 Å². The minimum absolute atomic E-state index is 0.0846. The van der Waals surface area contributed by atoms with Crippen LogP contribution in [0.1, 0.15) is 24.4 Å². The Labute approximate surface area is 137 Å². The van der Waals surface area contributed by atoms with E-state index < -0.39 is 0 Å². The maximum absolute atomic E-state index is 12.5. The second-order valence-corrected chi connectivity index (χ2v) is 7.24. The van der Waals surface area contributed by atoms with E-state index in [4.69, 9.17) is 0 Å². The maximum atomic E-state index is 12.5. The molecule has 0 aromatic heterocycles. The highest BCUT2D eigenvalue weighted by Gasteiger charge is 2.23. The van der Waals surface area contributed by atoms with Gasteiger partial charge in [0.05, 0.1) is 6.04 Å². The molecule has 2 aliphatic heterocycles. The van der Waals surface area contributed by atoms with Gasteiger partial charge >= 0.3 is 6.03 Å². The van der Waals surface area contributed by atoms with E-state index in [9.17, 15) is 4.79 Å². The number of likely N-dealkylation sites (tertiary alicyclic amines) is 1. The largest absolute Gasteiger partial charge is 0.330 e. The number of hydrogen-bond donors (Lipinski definition) is 1. The standard InChI is InChI=1S/C17H25N3OS/c21-17(20-10-12-22-13-11-20)18-16(14-19-8-4-5-9-19)15-6-2-1-3-7-15/h1-3,6-7,16H,4-5,8-14H2,(H,18,21). The second-order valence-electron chi connectivity index (χ2n) is 6.02. The Kier molecular flexibility index (Phi) is 5.62. The van der Waals surface area contributed by atoms with Gasteiger partial charge in [0.1, 0.15) is 0 Å². The molecule has 0 saturated carbocycles. The lowest BCUT2D eigenvalue weighted by Gasteiger charge is -2.31. The van der Waals surface area contributed by atoms with Gasteiger partial charge in [-0.3, -0.25) is 0 Å². The molecule has 5 heteroatoms. The summed E-state index contributed by atoms with van der Waals surface area (Å²) in [5.41, 5.74) is 1.20. The molecule has 2 aliphatic rings. The predicted molar refractivity (Wildman–Crippen MR) is 92.3 cm³/mol. The number of amides is 2. The Hall–Kier alpha value is -1.20. The van der Waals surface area contributed by atoms with Gasteiger partial charge < -0.3 is 15.1 Å². The number of benzene rings is 1. The highest BCUT2D eigenvalue weighted by molar-refractivity contribution is 7.99. The van der Waals surface area contributed by atoms with Gasteiger partial charge in [-0.05, 0) is 31.5 Å². The van der Waals surface area contributed by atoms with Gasteiger partial charge in [-0.1, -0.05) is 30.3 Å². The molecule has 1 aromatic carbocycles. The predicted octanol–water partition coefficient (Wildman–Crippen LogP) is 2.58. The van der Waals surface area contributed by atoms with Crippen LogP contribution < -0.4 is 5.32 Å². The third kappa shape index (κ3) is 4.17. The molecule has 1 atom stereocenters. The number of hydrogen-bond acceptors (Lipinski definition) is 3. The third-order valence-corrected chi connectivity index (χ3v) is 5.38. The average Bonchev–Trinajstić information content (AvgIpc) is 3.09. The molecular weight excluding hydrogens is 294 g/mol. The molecule has 2 amide bonds. The van der Waals surface area contributed by atoms with Crippen molar-refractivity contribution in [1.29, 1.82) is 0 Å². The first-order valence-corrected chi connectivity index (χ1v) is 9.39. The van der Waals surface area contributed by atoms with Crippen LogP contribution in [0.25, 0.3) is 0 Å².